The predicted octanol–water partition coefficient (Wildman–Crippen LogP) is 3.95. The van der Waals surface area contributed by atoms with Crippen LogP contribution in [0.3, 0.4) is 0 Å². The molecule has 2 aromatic carbocycles. The average molecular weight is 554 g/mol. The van der Waals surface area contributed by atoms with Crippen LogP contribution >= 0.6 is 15.9 Å². The molecule has 0 N–H and O–H groups in total. The zero-order valence-corrected chi connectivity index (χ0v) is 21.0. The van der Waals surface area contributed by atoms with Crippen molar-refractivity contribution in [1.82, 2.24) is 9.38 Å². The molecule has 0 saturated carbocycles. The molecule has 10 heteroatoms. The highest BCUT2D eigenvalue weighted by atomic mass is 79.9. The first-order chi connectivity index (χ1) is 16.7. The summed E-state index contributed by atoms with van der Waals surface area (Å²) in [6.45, 7) is 1.63. The first-order valence-corrected chi connectivity index (χ1v) is 13.0. The van der Waals surface area contributed by atoms with Gasteiger partial charge in [-0.2, -0.15) is 0 Å². The number of rotatable bonds is 5. The minimum absolute atomic E-state index is 0.00292. The number of esters is 1. The summed E-state index contributed by atoms with van der Waals surface area (Å²) in [6, 6.07) is 17.6. The van der Waals surface area contributed by atoms with Crippen LogP contribution in [-0.2, 0) is 27.8 Å². The number of carbonyl (C=O) groups is 1. The molecule has 2 aromatic heterocycles. The van der Waals surface area contributed by atoms with E-state index in [1.54, 1.807) is 30.5 Å². The number of carbonyl (C=O) groups excluding carboxylic acids is 1. The van der Waals surface area contributed by atoms with E-state index in [9.17, 15) is 18.0 Å². The Labute approximate surface area is 210 Å². The zero-order chi connectivity index (χ0) is 24.7. The topological polar surface area (TPSA) is 98.0 Å². The van der Waals surface area contributed by atoms with Gasteiger partial charge in [-0.3, -0.25) is 13.5 Å². The fourth-order valence-corrected chi connectivity index (χ4v) is 6.30. The molecule has 0 spiro atoms. The maximum atomic E-state index is 13.5. The molecule has 0 amide bonds. The molecule has 1 aliphatic heterocycles. The van der Waals surface area contributed by atoms with Gasteiger partial charge in [0.1, 0.15) is 12.3 Å². The molecule has 4 aromatic rings. The van der Waals surface area contributed by atoms with Crippen molar-refractivity contribution < 1.29 is 17.9 Å². The number of anilines is 1. The van der Waals surface area contributed by atoms with Gasteiger partial charge in [-0.15, -0.1) is 0 Å². The van der Waals surface area contributed by atoms with Crippen LogP contribution in [0, 0.1) is 0 Å². The van der Waals surface area contributed by atoms with Gasteiger partial charge >= 0.3 is 5.97 Å². The lowest BCUT2D eigenvalue weighted by atomic mass is 10.1. The molecule has 0 radical (unpaired) electrons. The molecule has 1 aliphatic rings. The summed E-state index contributed by atoms with van der Waals surface area (Å²) in [5, 5.41) is 0. The first kappa shape index (κ1) is 23.3. The Kier molecular flexibility index (Phi) is 5.94. The van der Waals surface area contributed by atoms with Crippen molar-refractivity contribution in [2.45, 2.75) is 30.9 Å². The summed E-state index contributed by atoms with van der Waals surface area (Å²) in [6.07, 6.45) is 2.22. The molecule has 35 heavy (non-hydrogen) atoms. The van der Waals surface area contributed by atoms with Crippen molar-refractivity contribution in [3.05, 3.63) is 105 Å². The van der Waals surface area contributed by atoms with Crippen molar-refractivity contribution in [3.63, 3.8) is 0 Å². The number of benzene rings is 2. The Balaban J connectivity index is 1.37. The maximum Gasteiger partial charge on any atom is 0.338 e. The molecule has 0 saturated heterocycles. The summed E-state index contributed by atoms with van der Waals surface area (Å²) >= 11 is 3.31. The predicted molar refractivity (Wildman–Crippen MR) is 134 cm³/mol. The molecular weight excluding hydrogens is 534 g/mol. The average Bonchev–Trinajstić information content (AvgIpc) is 3.19. The van der Waals surface area contributed by atoms with Gasteiger partial charge in [-0.25, -0.2) is 18.2 Å². The Morgan fingerprint density at radius 2 is 1.91 bits per heavy atom. The van der Waals surface area contributed by atoms with Crippen LogP contribution in [-0.4, -0.2) is 29.8 Å². The molecule has 0 aliphatic carbocycles. The first-order valence-electron chi connectivity index (χ1n) is 10.8. The van der Waals surface area contributed by atoms with Gasteiger partial charge < -0.3 is 4.74 Å². The van der Waals surface area contributed by atoms with E-state index in [0.29, 0.717) is 17.8 Å². The summed E-state index contributed by atoms with van der Waals surface area (Å²) in [5.74, 6) is -0.713. The van der Waals surface area contributed by atoms with E-state index in [1.165, 1.54) is 39.0 Å². The van der Waals surface area contributed by atoms with Crippen molar-refractivity contribution in [2.24, 2.45) is 0 Å². The second-order valence-corrected chi connectivity index (χ2v) is 11.0. The highest BCUT2D eigenvalue weighted by Gasteiger charge is 2.36. The lowest BCUT2D eigenvalue weighted by Gasteiger charge is -2.24. The Hall–Kier alpha value is -3.50. The van der Waals surface area contributed by atoms with Crippen molar-refractivity contribution >= 4 is 43.3 Å². The second-order valence-electron chi connectivity index (χ2n) is 8.25. The lowest BCUT2D eigenvalue weighted by Crippen LogP contribution is -2.35. The number of nitrogens with zero attached hydrogens (tertiary/aromatic N) is 3. The number of hydrogen-bond donors (Lipinski definition) is 0. The van der Waals surface area contributed by atoms with Gasteiger partial charge in [-0.1, -0.05) is 24.3 Å². The van der Waals surface area contributed by atoms with Crippen LogP contribution < -0.4 is 9.86 Å². The number of halogens is 1. The molecule has 1 atom stereocenters. The van der Waals surface area contributed by atoms with Gasteiger partial charge in [0.25, 0.3) is 15.6 Å². The quantitative estimate of drug-likeness (QED) is 0.347. The minimum atomic E-state index is -3.89. The standard InChI is InChI=1S/C25H20BrN3O5S/c1-16-11-17-5-2-3-8-22(17)29(16)35(32,33)21-7-4-6-18(12-21)25(31)34-15-20-13-24(30)28-14-19(26)9-10-23(28)27-20/h2-10,12-14,16H,11,15H2,1H3/t16-/m1/s1. The van der Waals surface area contributed by atoms with Gasteiger partial charge in [-0.05, 0) is 71.2 Å². The molecule has 0 bridgehead atoms. The van der Waals surface area contributed by atoms with Crippen LogP contribution in [0.25, 0.3) is 5.65 Å². The Bertz CT molecular complexity index is 1630. The molecule has 178 valence electrons. The maximum absolute atomic E-state index is 13.5. The van der Waals surface area contributed by atoms with E-state index in [-0.39, 0.29) is 34.4 Å². The largest absolute Gasteiger partial charge is 0.456 e. The fraction of sp³-hybridized carbons (Fsp3) is 0.160. The molecule has 3 heterocycles. The highest BCUT2D eigenvalue weighted by Crippen LogP contribution is 2.36. The third kappa shape index (κ3) is 4.35. The molecular formula is C25H20BrN3O5S. The number of para-hydroxylation sites is 1. The summed E-state index contributed by atoms with van der Waals surface area (Å²) < 4.78 is 35.8. The van der Waals surface area contributed by atoms with Crippen LogP contribution in [0.2, 0.25) is 0 Å². The Morgan fingerprint density at radius 3 is 2.74 bits per heavy atom. The summed E-state index contributed by atoms with van der Waals surface area (Å²) in [4.78, 5) is 29.4. The van der Waals surface area contributed by atoms with Gasteiger partial charge in [0, 0.05) is 22.8 Å². The smallest absolute Gasteiger partial charge is 0.338 e. The monoisotopic (exact) mass is 553 g/mol. The van der Waals surface area contributed by atoms with E-state index in [0.717, 1.165) is 10.0 Å². The summed E-state index contributed by atoms with van der Waals surface area (Å²) in [5.41, 5.74) is 2.10. The molecule has 5 rings (SSSR count). The van der Waals surface area contributed by atoms with Crippen LogP contribution in [0.1, 0.15) is 28.5 Å². The highest BCUT2D eigenvalue weighted by molar-refractivity contribution is 9.10. The lowest BCUT2D eigenvalue weighted by molar-refractivity contribution is 0.0467. The SMILES string of the molecule is C[C@@H]1Cc2ccccc2N1S(=O)(=O)c1cccc(C(=O)OCc2cc(=O)n3cc(Br)ccc3n2)c1. The van der Waals surface area contributed by atoms with Crippen molar-refractivity contribution in [2.75, 3.05) is 4.31 Å². The van der Waals surface area contributed by atoms with Crippen LogP contribution in [0.5, 0.6) is 0 Å². The number of sulfonamides is 1. The number of hydrogen-bond acceptors (Lipinski definition) is 6. The Morgan fingerprint density at radius 1 is 1.11 bits per heavy atom. The number of pyridine rings is 1. The van der Waals surface area contributed by atoms with Crippen molar-refractivity contribution in [1.29, 1.82) is 0 Å². The molecule has 8 nitrogen and oxygen atoms in total. The fourth-order valence-electron chi connectivity index (χ4n) is 4.22. The third-order valence-corrected chi connectivity index (χ3v) is 8.19. The van der Waals surface area contributed by atoms with Gasteiger partial charge in [0.15, 0.2) is 0 Å². The number of ether oxygens (including phenoxy) is 1. The molecule has 0 unspecified atom stereocenters. The van der Waals surface area contributed by atoms with E-state index in [2.05, 4.69) is 20.9 Å². The number of fused-ring (bicyclic) bond motifs is 2. The minimum Gasteiger partial charge on any atom is -0.456 e. The van der Waals surface area contributed by atoms with E-state index in [1.807, 2.05) is 19.1 Å². The van der Waals surface area contributed by atoms with Gasteiger partial charge in [0.2, 0.25) is 0 Å². The zero-order valence-electron chi connectivity index (χ0n) is 18.6. The summed E-state index contributed by atoms with van der Waals surface area (Å²) in [7, 11) is -3.89. The molecule has 0 fully saturated rings. The van der Waals surface area contributed by atoms with E-state index >= 15 is 0 Å². The third-order valence-electron chi connectivity index (χ3n) is 5.80. The number of aromatic nitrogens is 2. The van der Waals surface area contributed by atoms with Crippen LogP contribution in [0.15, 0.2) is 87.1 Å². The van der Waals surface area contributed by atoms with Crippen molar-refractivity contribution in [3.8, 4) is 0 Å². The van der Waals surface area contributed by atoms with E-state index in [4.69, 9.17) is 4.74 Å². The van der Waals surface area contributed by atoms with Crippen LogP contribution in [0.4, 0.5) is 5.69 Å². The second kappa shape index (κ2) is 8.94. The normalized spacial score (nSPS) is 15.3. The van der Waals surface area contributed by atoms with Gasteiger partial charge in [0.05, 0.1) is 21.8 Å². The van der Waals surface area contributed by atoms with E-state index < -0.39 is 16.0 Å².